The van der Waals surface area contributed by atoms with E-state index >= 15 is 0 Å². The molecule has 0 fully saturated rings. The number of carbonyl (C=O) groups is 1. The van der Waals surface area contributed by atoms with E-state index in [1.54, 1.807) is 0 Å². The van der Waals surface area contributed by atoms with Crippen molar-refractivity contribution in [1.29, 1.82) is 0 Å². The number of nitrogens with one attached hydrogen (secondary N) is 1. The van der Waals surface area contributed by atoms with Crippen molar-refractivity contribution in [1.82, 2.24) is 14.9 Å². The second kappa shape index (κ2) is 5.17. The maximum atomic E-state index is 12.2. The molecule has 0 bridgehead atoms. The highest BCUT2D eigenvalue weighted by Crippen LogP contribution is 2.14. The summed E-state index contributed by atoms with van der Waals surface area (Å²) in [7, 11) is 1.85. The first-order valence-electron chi connectivity index (χ1n) is 6.49. The van der Waals surface area contributed by atoms with Crippen LogP contribution in [0.3, 0.4) is 0 Å². The van der Waals surface area contributed by atoms with E-state index < -0.39 is 0 Å². The Kier molecular flexibility index (Phi) is 3.21. The number of hydrogen-bond donors (Lipinski definition) is 1. The second-order valence-electron chi connectivity index (χ2n) is 4.65. The second-order valence-corrected chi connectivity index (χ2v) is 4.65. The van der Waals surface area contributed by atoms with Gasteiger partial charge in [0.1, 0.15) is 0 Å². The van der Waals surface area contributed by atoms with Crippen molar-refractivity contribution in [2.75, 3.05) is 0 Å². The fraction of sp³-hybridized carbons (Fsp3) is 0.125. The summed E-state index contributed by atoms with van der Waals surface area (Å²) in [4.78, 5) is 16.6. The predicted molar refractivity (Wildman–Crippen MR) is 78.3 cm³/mol. The molecule has 0 aliphatic heterocycles. The standard InChI is InChI=1S/C16H15N3O/c1-19-14-10-6-5-9-13(14)18-15(19)16(20)17-11-12-7-3-2-4-8-12/h2-10H,11H2,1H3,(H,17,20). The molecule has 4 heteroatoms. The lowest BCUT2D eigenvalue weighted by molar-refractivity contribution is 0.0938. The Morgan fingerprint density at radius 1 is 1.10 bits per heavy atom. The topological polar surface area (TPSA) is 46.9 Å². The summed E-state index contributed by atoms with van der Waals surface area (Å²) in [6.07, 6.45) is 0. The summed E-state index contributed by atoms with van der Waals surface area (Å²) in [6, 6.07) is 17.5. The van der Waals surface area contributed by atoms with Crippen LogP contribution < -0.4 is 5.32 Å². The summed E-state index contributed by atoms with van der Waals surface area (Å²) < 4.78 is 1.82. The molecule has 100 valence electrons. The molecule has 1 heterocycles. The number of carbonyl (C=O) groups excluding carboxylic acids is 1. The Morgan fingerprint density at radius 3 is 2.55 bits per heavy atom. The molecule has 0 aliphatic rings. The van der Waals surface area contributed by atoms with Crippen molar-refractivity contribution in [2.24, 2.45) is 7.05 Å². The lowest BCUT2D eigenvalue weighted by Gasteiger charge is -2.05. The fourth-order valence-corrected chi connectivity index (χ4v) is 2.21. The zero-order chi connectivity index (χ0) is 13.9. The van der Waals surface area contributed by atoms with Gasteiger partial charge >= 0.3 is 0 Å². The summed E-state index contributed by atoms with van der Waals surface area (Å²) in [5.41, 5.74) is 2.86. The van der Waals surface area contributed by atoms with Crippen molar-refractivity contribution in [3.05, 3.63) is 66.0 Å². The first kappa shape index (κ1) is 12.4. The molecular weight excluding hydrogens is 250 g/mol. The number of amides is 1. The minimum Gasteiger partial charge on any atom is -0.345 e. The molecule has 4 nitrogen and oxygen atoms in total. The molecule has 0 saturated carbocycles. The van der Waals surface area contributed by atoms with Gasteiger partial charge in [0.15, 0.2) is 5.82 Å². The number of rotatable bonds is 3. The van der Waals surface area contributed by atoms with Crippen LogP contribution in [-0.2, 0) is 13.6 Å². The molecular formula is C16H15N3O. The Labute approximate surface area is 117 Å². The lowest BCUT2D eigenvalue weighted by atomic mass is 10.2. The van der Waals surface area contributed by atoms with Crippen LogP contribution in [0, 0.1) is 0 Å². The van der Waals surface area contributed by atoms with Gasteiger partial charge in [0.05, 0.1) is 11.0 Å². The van der Waals surface area contributed by atoms with Gasteiger partial charge in [-0.25, -0.2) is 4.98 Å². The molecule has 3 rings (SSSR count). The molecule has 0 spiro atoms. The number of imidazole rings is 1. The molecule has 3 aromatic rings. The number of fused-ring (bicyclic) bond motifs is 1. The van der Waals surface area contributed by atoms with Gasteiger partial charge in [-0.1, -0.05) is 42.5 Å². The van der Waals surface area contributed by atoms with Crippen LogP contribution >= 0.6 is 0 Å². The monoisotopic (exact) mass is 265 g/mol. The number of nitrogens with zero attached hydrogens (tertiary/aromatic N) is 2. The molecule has 0 atom stereocenters. The average molecular weight is 265 g/mol. The molecule has 0 unspecified atom stereocenters. The maximum absolute atomic E-state index is 12.2. The van der Waals surface area contributed by atoms with E-state index in [2.05, 4.69) is 10.3 Å². The van der Waals surface area contributed by atoms with E-state index in [1.807, 2.05) is 66.2 Å². The minimum atomic E-state index is -0.160. The molecule has 1 aromatic heterocycles. The van der Waals surface area contributed by atoms with Crippen molar-refractivity contribution >= 4 is 16.9 Å². The van der Waals surface area contributed by atoms with Crippen LogP contribution in [0.5, 0.6) is 0 Å². The van der Waals surface area contributed by atoms with Gasteiger partial charge in [-0.3, -0.25) is 4.79 Å². The molecule has 2 aromatic carbocycles. The summed E-state index contributed by atoms with van der Waals surface area (Å²) >= 11 is 0. The quantitative estimate of drug-likeness (QED) is 0.791. The fourth-order valence-electron chi connectivity index (χ4n) is 2.21. The average Bonchev–Trinajstić information content (AvgIpc) is 2.84. The van der Waals surface area contributed by atoms with E-state index in [4.69, 9.17) is 0 Å². The SMILES string of the molecule is Cn1c(C(=O)NCc2ccccc2)nc2ccccc21. The maximum Gasteiger partial charge on any atom is 0.287 e. The number of hydrogen-bond acceptors (Lipinski definition) is 2. The number of aromatic nitrogens is 2. The highest BCUT2D eigenvalue weighted by molar-refractivity contribution is 5.94. The largest absolute Gasteiger partial charge is 0.345 e. The molecule has 0 aliphatic carbocycles. The van der Waals surface area contributed by atoms with Crippen LogP contribution in [0.2, 0.25) is 0 Å². The van der Waals surface area contributed by atoms with Crippen molar-refractivity contribution in [3.8, 4) is 0 Å². The van der Waals surface area contributed by atoms with Gasteiger partial charge < -0.3 is 9.88 Å². The summed E-state index contributed by atoms with van der Waals surface area (Å²) in [5, 5.41) is 2.89. The van der Waals surface area contributed by atoms with Gasteiger partial charge in [0.2, 0.25) is 0 Å². The Morgan fingerprint density at radius 2 is 1.80 bits per heavy atom. The van der Waals surface area contributed by atoms with E-state index in [0.29, 0.717) is 12.4 Å². The van der Waals surface area contributed by atoms with Gasteiger partial charge in [-0.15, -0.1) is 0 Å². The van der Waals surface area contributed by atoms with Crippen LogP contribution in [0.1, 0.15) is 16.2 Å². The van der Waals surface area contributed by atoms with Gasteiger partial charge in [-0.05, 0) is 17.7 Å². The first-order chi connectivity index (χ1) is 9.75. The van der Waals surface area contributed by atoms with Crippen molar-refractivity contribution in [3.63, 3.8) is 0 Å². The van der Waals surface area contributed by atoms with Crippen LogP contribution in [-0.4, -0.2) is 15.5 Å². The normalized spacial score (nSPS) is 10.7. The van der Waals surface area contributed by atoms with Crippen LogP contribution in [0.15, 0.2) is 54.6 Å². The number of aryl methyl sites for hydroxylation is 1. The Hall–Kier alpha value is -2.62. The van der Waals surface area contributed by atoms with Crippen molar-refractivity contribution in [2.45, 2.75) is 6.54 Å². The third-order valence-corrected chi connectivity index (χ3v) is 3.29. The Bertz CT molecular complexity index is 747. The third kappa shape index (κ3) is 2.28. The zero-order valence-corrected chi connectivity index (χ0v) is 11.2. The van der Waals surface area contributed by atoms with Gasteiger partial charge in [0, 0.05) is 13.6 Å². The van der Waals surface area contributed by atoms with Gasteiger partial charge in [0.25, 0.3) is 5.91 Å². The van der Waals surface area contributed by atoms with E-state index in [0.717, 1.165) is 16.6 Å². The smallest absolute Gasteiger partial charge is 0.287 e. The predicted octanol–water partition coefficient (Wildman–Crippen LogP) is 2.50. The molecule has 20 heavy (non-hydrogen) atoms. The van der Waals surface area contributed by atoms with E-state index in [-0.39, 0.29) is 5.91 Å². The van der Waals surface area contributed by atoms with Gasteiger partial charge in [-0.2, -0.15) is 0 Å². The summed E-state index contributed by atoms with van der Waals surface area (Å²) in [5.74, 6) is 0.273. The molecule has 0 radical (unpaired) electrons. The lowest BCUT2D eigenvalue weighted by Crippen LogP contribution is -2.25. The first-order valence-corrected chi connectivity index (χ1v) is 6.49. The van der Waals surface area contributed by atoms with Crippen molar-refractivity contribution < 1.29 is 4.79 Å². The summed E-state index contributed by atoms with van der Waals surface area (Å²) in [6.45, 7) is 0.503. The van der Waals surface area contributed by atoms with E-state index in [9.17, 15) is 4.79 Å². The van der Waals surface area contributed by atoms with Crippen LogP contribution in [0.4, 0.5) is 0 Å². The highest BCUT2D eigenvalue weighted by atomic mass is 16.2. The third-order valence-electron chi connectivity index (χ3n) is 3.29. The van der Waals surface area contributed by atoms with Crippen LogP contribution in [0.25, 0.3) is 11.0 Å². The molecule has 0 saturated heterocycles. The number of benzene rings is 2. The minimum absolute atomic E-state index is 0.160. The Balaban J connectivity index is 1.81. The zero-order valence-electron chi connectivity index (χ0n) is 11.2. The van der Waals surface area contributed by atoms with E-state index in [1.165, 1.54) is 0 Å². The molecule has 1 N–H and O–H groups in total. The highest BCUT2D eigenvalue weighted by Gasteiger charge is 2.14. The molecule has 1 amide bonds. The number of para-hydroxylation sites is 2.